The lowest BCUT2D eigenvalue weighted by Crippen LogP contribution is -2.62. The van der Waals surface area contributed by atoms with Crippen molar-refractivity contribution in [3.05, 3.63) is 0 Å². The average Bonchev–Trinajstić information content (AvgIpc) is 2.86. The summed E-state index contributed by atoms with van der Waals surface area (Å²) >= 11 is 0. The number of rotatable bonds is 2. The fraction of sp³-hybridized carbons (Fsp3) is 0.857. The lowest BCUT2D eigenvalue weighted by atomic mass is 9.44. The summed E-state index contributed by atoms with van der Waals surface area (Å²) in [4.78, 5) is 37.6. The molecule has 0 saturated heterocycles. The Morgan fingerprint density at radius 1 is 1.15 bits per heavy atom. The molecule has 4 rings (SSSR count). The van der Waals surface area contributed by atoms with Crippen molar-refractivity contribution >= 4 is 17.3 Å². The highest BCUT2D eigenvalue weighted by molar-refractivity contribution is 5.92. The molecule has 0 heterocycles. The van der Waals surface area contributed by atoms with E-state index in [1.165, 1.54) is 0 Å². The van der Waals surface area contributed by atoms with Crippen LogP contribution in [0.1, 0.15) is 65.2 Å². The van der Waals surface area contributed by atoms with E-state index in [1.54, 1.807) is 0 Å². The van der Waals surface area contributed by atoms with Gasteiger partial charge < -0.3 is 10.2 Å². The summed E-state index contributed by atoms with van der Waals surface area (Å²) < 4.78 is 0. The van der Waals surface area contributed by atoms with Gasteiger partial charge in [-0.15, -0.1) is 0 Å². The maximum absolute atomic E-state index is 13.3. The fourth-order valence-electron chi connectivity index (χ4n) is 7.45. The van der Waals surface area contributed by atoms with E-state index in [-0.39, 0.29) is 41.3 Å². The Morgan fingerprint density at radius 3 is 2.58 bits per heavy atom. The first kappa shape index (κ1) is 18.3. The number of Topliss-reactive ketones (excluding diaryl/α,β-unsaturated/α-hetero) is 3. The molecule has 5 heteroatoms. The molecular formula is C21H30O5. The molecule has 0 aromatic rings. The minimum Gasteiger partial charge on any atom is -0.388 e. The molecule has 7 atom stereocenters. The molecule has 0 aromatic carbocycles. The Balaban J connectivity index is 1.71. The molecule has 4 saturated carbocycles. The van der Waals surface area contributed by atoms with Gasteiger partial charge in [-0.3, -0.25) is 14.4 Å². The van der Waals surface area contributed by atoms with Gasteiger partial charge in [0.25, 0.3) is 0 Å². The van der Waals surface area contributed by atoms with Crippen molar-refractivity contribution in [1.82, 2.24) is 0 Å². The van der Waals surface area contributed by atoms with Crippen molar-refractivity contribution in [2.45, 2.75) is 70.8 Å². The Bertz CT molecular complexity index is 671. The van der Waals surface area contributed by atoms with Crippen molar-refractivity contribution in [3.63, 3.8) is 0 Å². The van der Waals surface area contributed by atoms with Crippen LogP contribution in [0.4, 0.5) is 0 Å². The number of carbonyl (C=O) groups excluding carboxylic acids is 3. The molecular weight excluding hydrogens is 332 g/mol. The van der Waals surface area contributed by atoms with Gasteiger partial charge in [0.1, 0.15) is 23.8 Å². The maximum atomic E-state index is 13.3. The Kier molecular flexibility index (Phi) is 4.02. The molecule has 0 amide bonds. The van der Waals surface area contributed by atoms with Gasteiger partial charge in [-0.1, -0.05) is 13.8 Å². The minimum atomic E-state index is -1.59. The third-order valence-electron chi connectivity index (χ3n) is 8.93. The molecule has 4 aliphatic rings. The van der Waals surface area contributed by atoms with Crippen LogP contribution < -0.4 is 0 Å². The molecule has 0 aliphatic heterocycles. The minimum absolute atomic E-state index is 0.0565. The lowest BCUT2D eigenvalue weighted by Gasteiger charge is -2.59. The maximum Gasteiger partial charge on any atom is 0.190 e. The topological polar surface area (TPSA) is 91.7 Å². The van der Waals surface area contributed by atoms with Crippen molar-refractivity contribution in [2.75, 3.05) is 6.61 Å². The van der Waals surface area contributed by atoms with Crippen LogP contribution in [0.3, 0.4) is 0 Å². The molecule has 0 aromatic heterocycles. The number of aliphatic hydroxyl groups excluding tert-OH is 1. The van der Waals surface area contributed by atoms with Crippen LogP contribution in [0.5, 0.6) is 0 Å². The summed E-state index contributed by atoms with van der Waals surface area (Å²) in [5.41, 5.74) is -2.50. The predicted octanol–water partition coefficient (Wildman–Crippen LogP) is 2.07. The first-order valence-electron chi connectivity index (χ1n) is 10.1. The number of aliphatic hydroxyl groups is 2. The Hall–Kier alpha value is -1.07. The van der Waals surface area contributed by atoms with Crippen LogP contribution in [-0.4, -0.2) is 39.8 Å². The molecule has 0 spiro atoms. The quantitative estimate of drug-likeness (QED) is 0.785. The molecule has 0 unspecified atom stereocenters. The summed E-state index contributed by atoms with van der Waals surface area (Å²) in [6.07, 6.45) is 5.07. The first-order chi connectivity index (χ1) is 12.2. The molecule has 5 nitrogen and oxygen atoms in total. The van der Waals surface area contributed by atoms with Gasteiger partial charge in [0.2, 0.25) is 0 Å². The van der Waals surface area contributed by atoms with Crippen LogP contribution in [0, 0.1) is 34.5 Å². The number of carbonyl (C=O) groups is 3. The van der Waals surface area contributed by atoms with Crippen molar-refractivity contribution < 1.29 is 24.6 Å². The monoisotopic (exact) mass is 362 g/mol. The van der Waals surface area contributed by atoms with E-state index in [0.717, 1.165) is 25.7 Å². The first-order valence-corrected chi connectivity index (χ1v) is 10.1. The van der Waals surface area contributed by atoms with Crippen LogP contribution in [0.25, 0.3) is 0 Å². The van der Waals surface area contributed by atoms with E-state index in [0.29, 0.717) is 25.0 Å². The largest absolute Gasteiger partial charge is 0.388 e. The van der Waals surface area contributed by atoms with Crippen LogP contribution in [-0.2, 0) is 14.4 Å². The molecule has 4 aliphatic carbocycles. The van der Waals surface area contributed by atoms with E-state index < -0.39 is 23.4 Å². The van der Waals surface area contributed by atoms with Crippen LogP contribution >= 0.6 is 0 Å². The molecule has 26 heavy (non-hydrogen) atoms. The number of hydrogen-bond donors (Lipinski definition) is 2. The Labute approximate surface area is 154 Å². The third kappa shape index (κ3) is 2.13. The second kappa shape index (κ2) is 5.71. The summed E-state index contributed by atoms with van der Waals surface area (Å²) in [6.45, 7) is 3.40. The van der Waals surface area contributed by atoms with Gasteiger partial charge >= 0.3 is 0 Å². The lowest BCUT2D eigenvalue weighted by molar-refractivity contribution is -0.178. The highest BCUT2D eigenvalue weighted by atomic mass is 16.3. The molecule has 0 radical (unpaired) electrons. The van der Waals surface area contributed by atoms with Crippen molar-refractivity contribution in [2.24, 2.45) is 34.5 Å². The van der Waals surface area contributed by atoms with Crippen molar-refractivity contribution in [3.8, 4) is 0 Å². The zero-order valence-corrected chi connectivity index (χ0v) is 15.8. The molecule has 2 N–H and O–H groups in total. The Morgan fingerprint density at radius 2 is 1.88 bits per heavy atom. The zero-order valence-electron chi connectivity index (χ0n) is 15.8. The van der Waals surface area contributed by atoms with Crippen LogP contribution in [0.15, 0.2) is 0 Å². The van der Waals surface area contributed by atoms with E-state index in [4.69, 9.17) is 0 Å². The highest BCUT2D eigenvalue weighted by Crippen LogP contribution is 2.67. The van der Waals surface area contributed by atoms with E-state index >= 15 is 0 Å². The van der Waals surface area contributed by atoms with Gasteiger partial charge in [0, 0.05) is 30.6 Å². The fourth-order valence-corrected chi connectivity index (χ4v) is 7.45. The summed E-state index contributed by atoms with van der Waals surface area (Å²) in [5, 5.41) is 20.5. The molecule has 144 valence electrons. The number of hydrogen-bond acceptors (Lipinski definition) is 5. The standard InChI is InChI=1S/C21H30O5/c1-19-7-5-13(23)9-12(19)3-4-14-15-6-8-21(26,17(25)11-22)20(15,2)10-16(24)18(14)19/h12,14-15,18,22,26H,3-11H2,1-2H3/t12-,14-,15-,18+,19-,20-,21+/m0/s1. The van der Waals surface area contributed by atoms with E-state index in [9.17, 15) is 24.6 Å². The second-order valence-corrected chi connectivity index (χ2v) is 9.81. The summed E-state index contributed by atoms with van der Waals surface area (Å²) in [6, 6.07) is 0. The molecule has 4 fully saturated rings. The van der Waals surface area contributed by atoms with Crippen molar-refractivity contribution in [1.29, 1.82) is 0 Å². The van der Waals surface area contributed by atoms with Crippen LogP contribution in [0.2, 0.25) is 0 Å². The summed E-state index contributed by atoms with van der Waals surface area (Å²) in [7, 11) is 0. The van der Waals surface area contributed by atoms with Gasteiger partial charge in [0.05, 0.1) is 0 Å². The summed E-state index contributed by atoms with van der Waals surface area (Å²) in [5.74, 6) is 0.468. The normalized spacial score (nSPS) is 50.8. The predicted molar refractivity (Wildman–Crippen MR) is 94.2 cm³/mol. The highest BCUT2D eigenvalue weighted by Gasteiger charge is 2.68. The number of ketones is 3. The van der Waals surface area contributed by atoms with E-state index in [2.05, 4.69) is 6.92 Å². The zero-order chi connectivity index (χ0) is 18.9. The van der Waals surface area contributed by atoms with E-state index in [1.807, 2.05) is 6.92 Å². The second-order valence-electron chi connectivity index (χ2n) is 9.81. The average molecular weight is 362 g/mol. The number of fused-ring (bicyclic) bond motifs is 5. The van der Waals surface area contributed by atoms with Gasteiger partial charge in [-0.2, -0.15) is 0 Å². The molecule has 0 bridgehead atoms. The van der Waals surface area contributed by atoms with Gasteiger partial charge in [-0.25, -0.2) is 0 Å². The van der Waals surface area contributed by atoms with Gasteiger partial charge in [0.15, 0.2) is 5.78 Å². The van der Waals surface area contributed by atoms with Gasteiger partial charge in [-0.05, 0) is 55.3 Å². The SMILES string of the molecule is C[C@]12CCC(=O)C[C@@H]1CC[C@@H]1[C@@H]2C(=O)C[C@@]2(C)[C@H]1CC[C@@]2(O)C(=O)CO. The smallest absolute Gasteiger partial charge is 0.190 e. The third-order valence-corrected chi connectivity index (χ3v) is 8.93.